The van der Waals surface area contributed by atoms with Gasteiger partial charge in [-0.15, -0.1) is 0 Å². The standard InChI is InChI=1S/C11H13NO5S/c13-10-4-3-8(11(14)15)6-12(10)7-9-2-1-5-18(9,16)17/h3-4,6,9H,1-2,5,7H2,(H,14,15). The number of carboxylic acids is 1. The van der Waals surface area contributed by atoms with Crippen LogP contribution in [0.4, 0.5) is 0 Å². The summed E-state index contributed by atoms with van der Waals surface area (Å²) in [5.41, 5.74) is -0.410. The molecule has 1 aromatic rings. The Labute approximate surface area is 104 Å². The summed E-state index contributed by atoms with van der Waals surface area (Å²) >= 11 is 0. The number of hydrogen-bond acceptors (Lipinski definition) is 4. The van der Waals surface area contributed by atoms with Crippen molar-refractivity contribution in [1.82, 2.24) is 4.57 Å². The lowest BCUT2D eigenvalue weighted by Crippen LogP contribution is -2.29. The maximum absolute atomic E-state index is 11.7. The maximum Gasteiger partial charge on any atom is 0.337 e. The molecule has 0 saturated carbocycles. The second kappa shape index (κ2) is 4.56. The average Bonchev–Trinajstić information content (AvgIpc) is 2.61. The fourth-order valence-corrected chi connectivity index (χ4v) is 3.90. The highest BCUT2D eigenvalue weighted by atomic mass is 32.2. The number of nitrogens with zero attached hydrogens (tertiary/aromatic N) is 1. The van der Waals surface area contributed by atoms with Gasteiger partial charge in [0.1, 0.15) is 0 Å². The van der Waals surface area contributed by atoms with Gasteiger partial charge >= 0.3 is 5.97 Å². The van der Waals surface area contributed by atoms with E-state index >= 15 is 0 Å². The van der Waals surface area contributed by atoms with Gasteiger partial charge in [-0.3, -0.25) is 4.79 Å². The van der Waals surface area contributed by atoms with Gasteiger partial charge in [0.25, 0.3) is 5.56 Å². The van der Waals surface area contributed by atoms with Crippen molar-refractivity contribution in [3.8, 4) is 0 Å². The largest absolute Gasteiger partial charge is 0.478 e. The summed E-state index contributed by atoms with van der Waals surface area (Å²) in [5, 5.41) is 8.25. The second-order valence-electron chi connectivity index (χ2n) is 4.34. The third kappa shape index (κ3) is 2.45. The number of hydrogen-bond donors (Lipinski definition) is 1. The lowest BCUT2D eigenvalue weighted by Gasteiger charge is -2.11. The van der Waals surface area contributed by atoms with E-state index in [1.54, 1.807) is 0 Å². The van der Waals surface area contributed by atoms with Crippen LogP contribution in [0.5, 0.6) is 0 Å². The molecule has 0 amide bonds. The molecule has 0 aliphatic carbocycles. The van der Waals surface area contributed by atoms with Crippen LogP contribution in [0.3, 0.4) is 0 Å². The number of carboxylic acid groups (broad SMARTS) is 1. The molecule has 1 atom stereocenters. The summed E-state index contributed by atoms with van der Waals surface area (Å²) in [5.74, 6) is -0.997. The molecule has 1 saturated heterocycles. The zero-order chi connectivity index (χ0) is 13.3. The zero-order valence-corrected chi connectivity index (χ0v) is 10.4. The van der Waals surface area contributed by atoms with Gasteiger partial charge in [0.15, 0.2) is 9.84 Å². The van der Waals surface area contributed by atoms with Gasteiger partial charge in [-0.25, -0.2) is 13.2 Å². The Bertz CT molecular complexity index is 631. The molecule has 7 heteroatoms. The van der Waals surface area contributed by atoms with E-state index in [1.165, 1.54) is 12.3 Å². The fourth-order valence-electron chi connectivity index (χ4n) is 2.08. The van der Waals surface area contributed by atoms with E-state index in [9.17, 15) is 18.0 Å². The van der Waals surface area contributed by atoms with E-state index in [-0.39, 0.29) is 23.4 Å². The van der Waals surface area contributed by atoms with Crippen LogP contribution in [0.2, 0.25) is 0 Å². The van der Waals surface area contributed by atoms with Crippen molar-refractivity contribution in [2.75, 3.05) is 5.75 Å². The monoisotopic (exact) mass is 271 g/mol. The van der Waals surface area contributed by atoms with Gasteiger partial charge < -0.3 is 9.67 Å². The average molecular weight is 271 g/mol. The van der Waals surface area contributed by atoms with Gasteiger partial charge in [0, 0.05) is 18.8 Å². The SMILES string of the molecule is O=C(O)c1ccc(=O)n(CC2CCCS2(=O)=O)c1. The zero-order valence-electron chi connectivity index (χ0n) is 9.57. The third-order valence-corrected chi connectivity index (χ3v) is 5.35. The molecule has 1 N–H and O–H groups in total. The van der Waals surface area contributed by atoms with Crippen molar-refractivity contribution in [2.24, 2.45) is 0 Å². The minimum absolute atomic E-state index is 0.0232. The van der Waals surface area contributed by atoms with E-state index in [0.29, 0.717) is 12.8 Å². The van der Waals surface area contributed by atoms with E-state index in [0.717, 1.165) is 10.6 Å². The second-order valence-corrected chi connectivity index (χ2v) is 6.75. The lowest BCUT2D eigenvalue weighted by molar-refractivity contribution is 0.0696. The van der Waals surface area contributed by atoms with E-state index < -0.39 is 21.1 Å². The molecule has 18 heavy (non-hydrogen) atoms. The molecule has 0 bridgehead atoms. The number of sulfone groups is 1. The highest BCUT2D eigenvalue weighted by Crippen LogP contribution is 2.21. The summed E-state index contributed by atoms with van der Waals surface area (Å²) < 4.78 is 24.5. The first-order valence-corrected chi connectivity index (χ1v) is 7.27. The van der Waals surface area contributed by atoms with Crippen LogP contribution in [0.15, 0.2) is 23.1 Å². The lowest BCUT2D eigenvalue weighted by atomic mass is 10.2. The van der Waals surface area contributed by atoms with Gasteiger partial charge in [0.05, 0.1) is 16.6 Å². The smallest absolute Gasteiger partial charge is 0.337 e. The predicted molar refractivity (Wildman–Crippen MR) is 64.5 cm³/mol. The van der Waals surface area contributed by atoms with Gasteiger partial charge in [-0.1, -0.05) is 0 Å². The Morgan fingerprint density at radius 1 is 1.44 bits per heavy atom. The van der Waals surface area contributed by atoms with Crippen molar-refractivity contribution < 1.29 is 18.3 Å². The van der Waals surface area contributed by atoms with Crippen LogP contribution >= 0.6 is 0 Å². The highest BCUT2D eigenvalue weighted by Gasteiger charge is 2.31. The Balaban J connectivity index is 2.32. The summed E-state index contributed by atoms with van der Waals surface area (Å²) in [6, 6.07) is 2.36. The van der Waals surface area contributed by atoms with E-state index in [2.05, 4.69) is 0 Å². The van der Waals surface area contributed by atoms with Crippen molar-refractivity contribution in [2.45, 2.75) is 24.6 Å². The number of aromatic nitrogens is 1. The van der Waals surface area contributed by atoms with Crippen molar-refractivity contribution in [3.63, 3.8) is 0 Å². The van der Waals surface area contributed by atoms with E-state index in [4.69, 9.17) is 5.11 Å². The Morgan fingerprint density at radius 3 is 2.72 bits per heavy atom. The first kappa shape index (κ1) is 12.8. The number of carbonyl (C=O) groups is 1. The first-order chi connectivity index (χ1) is 8.40. The summed E-state index contributed by atoms with van der Waals surface area (Å²) in [6.07, 6.45) is 2.31. The number of aromatic carboxylic acids is 1. The maximum atomic E-state index is 11.7. The summed E-state index contributed by atoms with van der Waals surface area (Å²) in [7, 11) is -3.14. The molecule has 1 fully saturated rings. The third-order valence-electron chi connectivity index (χ3n) is 3.09. The van der Waals surface area contributed by atoms with Gasteiger partial charge in [-0.05, 0) is 18.9 Å². The quantitative estimate of drug-likeness (QED) is 0.843. The molecule has 1 aliphatic heterocycles. The minimum atomic E-state index is -3.14. The molecule has 2 heterocycles. The molecule has 0 spiro atoms. The van der Waals surface area contributed by atoms with Gasteiger partial charge in [-0.2, -0.15) is 0 Å². The predicted octanol–water partition coefficient (Wildman–Crippen LogP) is 0.124. The molecular weight excluding hydrogens is 258 g/mol. The summed E-state index contributed by atoms with van der Waals surface area (Å²) in [4.78, 5) is 22.4. The highest BCUT2D eigenvalue weighted by molar-refractivity contribution is 7.92. The number of pyridine rings is 1. The Kier molecular flexibility index (Phi) is 3.25. The molecule has 2 rings (SSSR count). The van der Waals surface area contributed by atoms with Crippen LogP contribution < -0.4 is 5.56 Å². The molecule has 1 aliphatic rings. The van der Waals surface area contributed by atoms with Crippen LogP contribution in [0, 0.1) is 0 Å². The van der Waals surface area contributed by atoms with Crippen molar-refractivity contribution in [1.29, 1.82) is 0 Å². The fraction of sp³-hybridized carbons (Fsp3) is 0.455. The van der Waals surface area contributed by atoms with Crippen molar-refractivity contribution >= 4 is 15.8 Å². The van der Waals surface area contributed by atoms with Crippen molar-refractivity contribution in [3.05, 3.63) is 34.2 Å². The van der Waals surface area contributed by atoms with Crippen LogP contribution in [-0.2, 0) is 16.4 Å². The first-order valence-electron chi connectivity index (χ1n) is 5.55. The van der Waals surface area contributed by atoms with Crippen LogP contribution in [0.25, 0.3) is 0 Å². The van der Waals surface area contributed by atoms with E-state index in [1.807, 2.05) is 0 Å². The molecule has 0 aromatic carbocycles. The molecule has 6 nitrogen and oxygen atoms in total. The molecular formula is C11H13NO5S. The molecule has 1 aromatic heterocycles. The minimum Gasteiger partial charge on any atom is -0.478 e. The summed E-state index contributed by atoms with van der Waals surface area (Å²) in [6.45, 7) is 0.0300. The van der Waals surface area contributed by atoms with Crippen LogP contribution in [-0.4, -0.2) is 35.1 Å². The molecule has 0 radical (unpaired) electrons. The Hall–Kier alpha value is -1.63. The number of rotatable bonds is 3. The molecule has 1 unspecified atom stereocenters. The molecule has 98 valence electrons. The normalized spacial score (nSPS) is 21.9. The van der Waals surface area contributed by atoms with Crippen LogP contribution in [0.1, 0.15) is 23.2 Å². The topological polar surface area (TPSA) is 93.4 Å². The van der Waals surface area contributed by atoms with Gasteiger partial charge in [0.2, 0.25) is 0 Å². The Morgan fingerprint density at radius 2 is 2.17 bits per heavy atom.